The van der Waals surface area contributed by atoms with Gasteiger partial charge in [0.25, 0.3) is 0 Å². The molecule has 0 bridgehead atoms. The quantitative estimate of drug-likeness (QED) is 0.482. The van der Waals surface area contributed by atoms with Gasteiger partial charge in [-0.05, 0) is 66.9 Å². The first-order valence-electron chi connectivity index (χ1n) is 8.71. The molecule has 0 aliphatic heterocycles. The average Bonchev–Trinajstić information content (AvgIpc) is 2.64. The van der Waals surface area contributed by atoms with E-state index in [9.17, 15) is 9.90 Å². The highest BCUT2D eigenvalue weighted by atomic mass is 17.5. The molecule has 5 nitrogen and oxygen atoms in total. The van der Waals surface area contributed by atoms with Gasteiger partial charge < -0.3 is 5.11 Å². The summed E-state index contributed by atoms with van der Waals surface area (Å²) in [7, 11) is 0. The Labute approximate surface area is 158 Å². The maximum Gasteiger partial charge on any atom is 0.174 e. The van der Waals surface area contributed by atoms with Gasteiger partial charge >= 0.3 is 0 Å². The molecule has 0 heterocycles. The highest BCUT2D eigenvalue weighted by Gasteiger charge is 2.18. The van der Waals surface area contributed by atoms with Crippen LogP contribution in [0.2, 0.25) is 0 Å². The molecule has 27 heavy (non-hydrogen) atoms. The summed E-state index contributed by atoms with van der Waals surface area (Å²) < 4.78 is 0. The lowest BCUT2D eigenvalue weighted by Crippen LogP contribution is -2.09. The van der Waals surface area contributed by atoms with Gasteiger partial charge in [0.05, 0.1) is 0 Å². The summed E-state index contributed by atoms with van der Waals surface area (Å²) in [5.74, 6) is 0.733. The summed E-state index contributed by atoms with van der Waals surface area (Å²) in [5.41, 5.74) is 2.09. The van der Waals surface area contributed by atoms with Crippen molar-refractivity contribution in [3.8, 4) is 17.2 Å². The number of hydrogen-bond donors (Lipinski definition) is 1. The highest BCUT2D eigenvalue weighted by molar-refractivity contribution is 5.89. The van der Waals surface area contributed by atoms with Crippen LogP contribution in [0.1, 0.15) is 36.5 Å². The number of hydrogen-bond acceptors (Lipinski definition) is 5. The van der Waals surface area contributed by atoms with Gasteiger partial charge in [-0.3, -0.25) is 14.6 Å². The van der Waals surface area contributed by atoms with Crippen LogP contribution in [0, 0.1) is 13.8 Å². The number of aromatic hydroxyl groups is 1. The fourth-order valence-electron chi connectivity index (χ4n) is 2.82. The molecule has 0 amide bonds. The number of aryl methyl sites for hydroxylation is 2. The summed E-state index contributed by atoms with van der Waals surface area (Å²) >= 11 is 0. The monoisotopic (exact) mass is 366 g/mol. The van der Waals surface area contributed by atoms with E-state index >= 15 is 0 Å². The molecule has 3 rings (SSSR count). The van der Waals surface area contributed by atoms with E-state index in [1.54, 1.807) is 32.9 Å². The van der Waals surface area contributed by atoms with Crippen molar-refractivity contribution in [2.75, 3.05) is 0 Å². The number of phenols is 1. The van der Waals surface area contributed by atoms with Gasteiger partial charge in [0.1, 0.15) is 11.5 Å². The van der Waals surface area contributed by atoms with Gasteiger partial charge in [-0.15, -0.1) is 0 Å². The number of benzene rings is 3. The SMILES string of the molecule is CC(=O)C(C)c1cc2ccccc2cc1OOOc1cc(C)c(O)cc1C. The minimum absolute atomic E-state index is 0.0288. The van der Waals surface area contributed by atoms with E-state index in [1.807, 2.05) is 43.3 Å². The second kappa shape index (κ2) is 7.68. The topological polar surface area (TPSA) is 65.0 Å². The minimum Gasteiger partial charge on any atom is -0.508 e. The molecule has 0 spiro atoms. The maximum absolute atomic E-state index is 11.9. The molecule has 0 fully saturated rings. The Bertz CT molecular complexity index is 993. The van der Waals surface area contributed by atoms with E-state index in [0.29, 0.717) is 22.6 Å². The number of carbonyl (C=O) groups excluding carboxylic acids is 1. The first-order valence-corrected chi connectivity index (χ1v) is 8.71. The Morgan fingerprint density at radius 2 is 1.56 bits per heavy atom. The lowest BCUT2D eigenvalue weighted by molar-refractivity contribution is -0.411. The van der Waals surface area contributed by atoms with Gasteiger partial charge in [0.2, 0.25) is 0 Å². The Balaban J connectivity index is 1.86. The molecule has 0 aliphatic carbocycles. The lowest BCUT2D eigenvalue weighted by Gasteiger charge is -2.15. The highest BCUT2D eigenvalue weighted by Crippen LogP contribution is 2.33. The normalized spacial score (nSPS) is 12.0. The van der Waals surface area contributed by atoms with Crippen LogP contribution in [-0.4, -0.2) is 10.9 Å². The van der Waals surface area contributed by atoms with Gasteiger partial charge in [0.15, 0.2) is 11.5 Å². The first-order chi connectivity index (χ1) is 12.9. The van der Waals surface area contributed by atoms with Crippen LogP contribution in [0.15, 0.2) is 48.5 Å². The molecular formula is C22H22O5. The fourth-order valence-corrected chi connectivity index (χ4v) is 2.82. The number of ketones is 1. The predicted molar refractivity (Wildman–Crippen MR) is 103 cm³/mol. The third-order valence-electron chi connectivity index (χ3n) is 4.70. The molecule has 0 saturated carbocycles. The smallest absolute Gasteiger partial charge is 0.174 e. The molecule has 1 atom stereocenters. The molecule has 0 radical (unpaired) electrons. The van der Waals surface area contributed by atoms with Gasteiger partial charge in [-0.25, -0.2) is 0 Å². The number of phenolic OH excluding ortho intramolecular Hbond substituents is 1. The summed E-state index contributed by atoms with van der Waals surface area (Å²) in [6, 6.07) is 14.8. The molecule has 0 aromatic heterocycles. The van der Waals surface area contributed by atoms with Crippen LogP contribution in [0.3, 0.4) is 0 Å². The molecule has 0 aliphatic rings. The Morgan fingerprint density at radius 3 is 2.22 bits per heavy atom. The van der Waals surface area contributed by atoms with Crippen molar-refractivity contribution in [1.29, 1.82) is 0 Å². The zero-order chi connectivity index (χ0) is 19.6. The fraction of sp³-hybridized carbons (Fsp3) is 0.227. The molecule has 5 heteroatoms. The van der Waals surface area contributed by atoms with E-state index < -0.39 is 0 Å². The molecule has 3 aromatic carbocycles. The minimum atomic E-state index is -0.342. The largest absolute Gasteiger partial charge is 0.508 e. The number of rotatable bonds is 6. The maximum atomic E-state index is 11.9. The van der Waals surface area contributed by atoms with E-state index in [4.69, 9.17) is 14.8 Å². The van der Waals surface area contributed by atoms with Crippen molar-refractivity contribution in [2.45, 2.75) is 33.6 Å². The van der Waals surface area contributed by atoms with Gasteiger partial charge in [-0.1, -0.05) is 31.2 Å². The Morgan fingerprint density at radius 1 is 0.926 bits per heavy atom. The van der Waals surface area contributed by atoms with Crippen molar-refractivity contribution in [1.82, 2.24) is 0 Å². The average molecular weight is 366 g/mol. The molecule has 0 saturated heterocycles. The van der Waals surface area contributed by atoms with E-state index in [-0.39, 0.29) is 17.5 Å². The van der Waals surface area contributed by atoms with Crippen molar-refractivity contribution in [3.05, 3.63) is 65.2 Å². The molecule has 1 N–H and O–H groups in total. The Kier molecular flexibility index (Phi) is 5.33. The van der Waals surface area contributed by atoms with Crippen LogP contribution < -0.4 is 9.78 Å². The van der Waals surface area contributed by atoms with E-state index in [1.165, 1.54) is 0 Å². The van der Waals surface area contributed by atoms with Crippen molar-refractivity contribution in [2.24, 2.45) is 0 Å². The van der Waals surface area contributed by atoms with E-state index in [0.717, 1.165) is 16.3 Å². The molecular weight excluding hydrogens is 344 g/mol. The summed E-state index contributed by atoms with van der Waals surface area (Å²) in [6.07, 6.45) is 0. The van der Waals surface area contributed by atoms with Crippen LogP contribution in [0.4, 0.5) is 0 Å². The third-order valence-corrected chi connectivity index (χ3v) is 4.70. The molecule has 140 valence electrons. The zero-order valence-corrected chi connectivity index (χ0v) is 15.8. The van der Waals surface area contributed by atoms with Gasteiger partial charge in [-0.2, -0.15) is 0 Å². The molecule has 3 aromatic rings. The zero-order valence-electron chi connectivity index (χ0n) is 15.8. The second-order valence-electron chi connectivity index (χ2n) is 6.71. The summed E-state index contributed by atoms with van der Waals surface area (Å²) in [6.45, 7) is 6.92. The predicted octanol–water partition coefficient (Wildman–Crippen LogP) is 5.16. The van der Waals surface area contributed by atoms with E-state index in [2.05, 4.69) is 0 Å². The second-order valence-corrected chi connectivity index (χ2v) is 6.71. The van der Waals surface area contributed by atoms with Crippen molar-refractivity contribution < 1.29 is 24.7 Å². The number of fused-ring (bicyclic) bond motifs is 1. The third kappa shape index (κ3) is 4.04. The Hall–Kier alpha value is -3.05. The van der Waals surface area contributed by atoms with Crippen molar-refractivity contribution in [3.63, 3.8) is 0 Å². The van der Waals surface area contributed by atoms with Gasteiger partial charge in [0, 0.05) is 16.5 Å². The summed E-state index contributed by atoms with van der Waals surface area (Å²) in [5, 5.41) is 16.7. The first kappa shape index (κ1) is 18.7. The van der Waals surface area contributed by atoms with Crippen LogP contribution >= 0.6 is 0 Å². The van der Waals surface area contributed by atoms with Crippen LogP contribution in [0.25, 0.3) is 10.8 Å². The van der Waals surface area contributed by atoms with Crippen molar-refractivity contribution >= 4 is 16.6 Å². The number of carbonyl (C=O) groups is 1. The standard InChI is InChI=1S/C22H22O5/c1-13-10-21(14(2)9-20(13)24)25-27-26-22-12-18-8-6-5-7-17(18)11-19(22)15(3)16(4)23/h5-12,15,24H,1-4H3. The number of Topliss-reactive ketones (excluding diaryl/α,β-unsaturated/α-hetero) is 1. The lowest BCUT2D eigenvalue weighted by atomic mass is 9.94. The molecule has 1 unspecified atom stereocenters. The summed E-state index contributed by atoms with van der Waals surface area (Å²) in [4.78, 5) is 22.6. The van der Waals surface area contributed by atoms with Crippen LogP contribution in [-0.2, 0) is 9.83 Å². The van der Waals surface area contributed by atoms with Crippen LogP contribution in [0.5, 0.6) is 17.2 Å².